The highest BCUT2D eigenvalue weighted by molar-refractivity contribution is 5.76. The first-order valence-corrected chi connectivity index (χ1v) is 7.56. The number of methoxy groups -OCH3 is 3. The van der Waals surface area contributed by atoms with Crippen molar-refractivity contribution < 1.29 is 23.7 Å². The molecule has 0 fully saturated rings. The van der Waals surface area contributed by atoms with Crippen LogP contribution in [0, 0.1) is 11.3 Å². The minimum absolute atomic E-state index is 0.0522. The van der Waals surface area contributed by atoms with Gasteiger partial charge in [-0.1, -0.05) is 12.1 Å². The molecule has 2 aromatic carbocycles. The third kappa shape index (κ3) is 4.64. The van der Waals surface area contributed by atoms with Gasteiger partial charge in [0.05, 0.1) is 40.2 Å². The Bertz CT molecular complexity index is 752. The van der Waals surface area contributed by atoms with Gasteiger partial charge < -0.3 is 18.9 Å². The van der Waals surface area contributed by atoms with E-state index in [1.807, 2.05) is 0 Å². The molecule has 6 heteroatoms. The summed E-state index contributed by atoms with van der Waals surface area (Å²) in [5, 5.41) is 8.66. The second-order valence-corrected chi connectivity index (χ2v) is 5.16. The molecule has 130 valence electrons. The van der Waals surface area contributed by atoms with Gasteiger partial charge >= 0.3 is 5.97 Å². The van der Waals surface area contributed by atoms with Crippen molar-refractivity contribution in [2.45, 2.75) is 12.8 Å². The summed E-state index contributed by atoms with van der Waals surface area (Å²) in [5.74, 6) is 1.44. The Morgan fingerprint density at radius 3 is 2.04 bits per heavy atom. The first-order valence-electron chi connectivity index (χ1n) is 7.56. The van der Waals surface area contributed by atoms with Gasteiger partial charge in [0.1, 0.15) is 5.75 Å². The van der Waals surface area contributed by atoms with E-state index in [1.165, 1.54) is 21.3 Å². The van der Waals surface area contributed by atoms with Crippen LogP contribution in [-0.4, -0.2) is 27.3 Å². The highest BCUT2D eigenvalue weighted by Gasteiger charge is 2.15. The van der Waals surface area contributed by atoms with Crippen molar-refractivity contribution in [1.82, 2.24) is 0 Å². The number of rotatable bonds is 7. The molecule has 0 unspecified atom stereocenters. The van der Waals surface area contributed by atoms with Crippen LogP contribution in [0.1, 0.15) is 11.1 Å². The third-order valence-electron chi connectivity index (χ3n) is 3.51. The Labute approximate surface area is 146 Å². The van der Waals surface area contributed by atoms with Gasteiger partial charge in [-0.3, -0.25) is 4.79 Å². The molecule has 0 saturated carbocycles. The number of carbonyl (C=O) groups excluding carboxylic acids is 1. The number of benzene rings is 2. The summed E-state index contributed by atoms with van der Waals surface area (Å²) >= 11 is 0. The molecule has 0 heterocycles. The fraction of sp³-hybridized carbons (Fsp3) is 0.263. The van der Waals surface area contributed by atoms with Crippen LogP contribution in [0.5, 0.6) is 23.0 Å². The van der Waals surface area contributed by atoms with Crippen LogP contribution in [0.25, 0.3) is 0 Å². The molecule has 0 saturated heterocycles. The lowest BCUT2D eigenvalue weighted by atomic mass is 10.1. The molecule has 0 radical (unpaired) electrons. The first-order chi connectivity index (χ1) is 12.1. The van der Waals surface area contributed by atoms with E-state index in [0.717, 1.165) is 5.56 Å². The van der Waals surface area contributed by atoms with Gasteiger partial charge in [-0.2, -0.15) is 5.26 Å². The standard InChI is InChI=1S/C19H19NO5/c1-22-16-10-14(11-17(23-2)19(16)24-3)12-18(21)25-15-6-4-13(5-7-15)8-9-20/h4-7,10-11H,8,12H2,1-3H3. The molecule has 0 spiro atoms. The normalized spacial score (nSPS) is 9.84. The second-order valence-electron chi connectivity index (χ2n) is 5.16. The lowest BCUT2D eigenvalue weighted by Crippen LogP contribution is -2.11. The fourth-order valence-corrected chi connectivity index (χ4v) is 2.34. The summed E-state index contributed by atoms with van der Waals surface area (Å²) < 4.78 is 21.1. The second kappa shape index (κ2) is 8.60. The zero-order valence-electron chi connectivity index (χ0n) is 14.4. The first kappa shape index (κ1) is 18.1. The molecule has 0 aliphatic carbocycles. The largest absolute Gasteiger partial charge is 0.493 e. The van der Waals surface area contributed by atoms with Crippen LogP contribution >= 0.6 is 0 Å². The summed E-state index contributed by atoms with van der Waals surface area (Å²) in [7, 11) is 4.55. The highest BCUT2D eigenvalue weighted by Crippen LogP contribution is 2.38. The average Bonchev–Trinajstić information content (AvgIpc) is 2.62. The van der Waals surface area contributed by atoms with E-state index in [2.05, 4.69) is 6.07 Å². The van der Waals surface area contributed by atoms with Gasteiger partial charge in [0, 0.05) is 0 Å². The van der Waals surface area contributed by atoms with Crippen molar-refractivity contribution in [3.63, 3.8) is 0 Å². The quantitative estimate of drug-likeness (QED) is 0.569. The molecule has 0 atom stereocenters. The number of nitrogens with zero attached hydrogens (tertiary/aromatic N) is 1. The van der Waals surface area contributed by atoms with E-state index in [1.54, 1.807) is 36.4 Å². The zero-order chi connectivity index (χ0) is 18.2. The van der Waals surface area contributed by atoms with Crippen molar-refractivity contribution in [1.29, 1.82) is 5.26 Å². The third-order valence-corrected chi connectivity index (χ3v) is 3.51. The van der Waals surface area contributed by atoms with Crippen molar-refractivity contribution in [2.24, 2.45) is 0 Å². The Kier molecular flexibility index (Phi) is 6.24. The SMILES string of the molecule is COc1cc(CC(=O)Oc2ccc(CC#N)cc2)cc(OC)c1OC. The maximum Gasteiger partial charge on any atom is 0.315 e. The van der Waals surface area contributed by atoms with Crippen molar-refractivity contribution in [3.8, 4) is 29.1 Å². The molecule has 0 aliphatic heterocycles. The molecule has 6 nitrogen and oxygen atoms in total. The lowest BCUT2D eigenvalue weighted by Gasteiger charge is -2.14. The Balaban J connectivity index is 2.11. The van der Waals surface area contributed by atoms with Crippen molar-refractivity contribution in [2.75, 3.05) is 21.3 Å². The smallest absolute Gasteiger partial charge is 0.315 e. The summed E-state index contributed by atoms with van der Waals surface area (Å²) in [6, 6.07) is 12.3. The summed E-state index contributed by atoms with van der Waals surface area (Å²) in [5.41, 5.74) is 1.55. The van der Waals surface area contributed by atoms with Crippen LogP contribution in [0.3, 0.4) is 0 Å². The predicted octanol–water partition coefficient (Wildman–Crippen LogP) is 2.93. The molecule has 25 heavy (non-hydrogen) atoms. The van der Waals surface area contributed by atoms with Crippen LogP contribution in [0.2, 0.25) is 0 Å². The summed E-state index contributed by atoms with van der Waals surface area (Å²) in [6.07, 6.45) is 0.371. The Morgan fingerprint density at radius 2 is 1.56 bits per heavy atom. The van der Waals surface area contributed by atoms with Crippen molar-refractivity contribution in [3.05, 3.63) is 47.5 Å². The summed E-state index contributed by atoms with van der Waals surface area (Å²) in [6.45, 7) is 0. The van der Waals surface area contributed by atoms with Gasteiger partial charge in [-0.05, 0) is 35.4 Å². The predicted molar refractivity (Wildman–Crippen MR) is 91.2 cm³/mol. The molecule has 0 bridgehead atoms. The molecule has 0 amide bonds. The Hall–Kier alpha value is -3.20. The number of hydrogen-bond donors (Lipinski definition) is 0. The molecule has 2 rings (SSSR count). The van der Waals surface area contributed by atoms with Crippen LogP contribution in [0.15, 0.2) is 36.4 Å². The van der Waals surface area contributed by atoms with Gasteiger partial charge in [-0.25, -0.2) is 0 Å². The van der Waals surface area contributed by atoms with E-state index in [9.17, 15) is 4.79 Å². The number of hydrogen-bond acceptors (Lipinski definition) is 6. The molecule has 0 aromatic heterocycles. The minimum Gasteiger partial charge on any atom is -0.493 e. The van der Waals surface area contributed by atoms with E-state index in [-0.39, 0.29) is 6.42 Å². The monoisotopic (exact) mass is 341 g/mol. The van der Waals surface area contributed by atoms with Crippen LogP contribution in [-0.2, 0) is 17.6 Å². The van der Waals surface area contributed by atoms with Crippen LogP contribution in [0.4, 0.5) is 0 Å². The Morgan fingerprint density at radius 1 is 0.960 bits per heavy atom. The van der Waals surface area contributed by atoms with Crippen LogP contribution < -0.4 is 18.9 Å². The van der Waals surface area contributed by atoms with Gasteiger partial charge in [0.15, 0.2) is 11.5 Å². The molecule has 0 N–H and O–H groups in total. The minimum atomic E-state index is -0.415. The number of ether oxygens (including phenoxy) is 4. The molecule has 2 aromatic rings. The number of esters is 1. The zero-order valence-corrected chi connectivity index (χ0v) is 14.4. The fourth-order valence-electron chi connectivity index (χ4n) is 2.34. The molecular weight excluding hydrogens is 322 g/mol. The molecular formula is C19H19NO5. The number of nitriles is 1. The van der Waals surface area contributed by atoms with Crippen molar-refractivity contribution >= 4 is 5.97 Å². The van der Waals surface area contributed by atoms with Gasteiger partial charge in [-0.15, -0.1) is 0 Å². The highest BCUT2D eigenvalue weighted by atomic mass is 16.5. The van der Waals surface area contributed by atoms with E-state index in [0.29, 0.717) is 35.0 Å². The average molecular weight is 341 g/mol. The lowest BCUT2D eigenvalue weighted by molar-refractivity contribution is -0.133. The maximum atomic E-state index is 12.2. The summed E-state index contributed by atoms with van der Waals surface area (Å²) in [4.78, 5) is 12.2. The van der Waals surface area contributed by atoms with Gasteiger partial charge in [0.2, 0.25) is 5.75 Å². The topological polar surface area (TPSA) is 77.8 Å². The van der Waals surface area contributed by atoms with Gasteiger partial charge in [0.25, 0.3) is 0 Å². The maximum absolute atomic E-state index is 12.2. The molecule has 0 aliphatic rings. The van der Waals surface area contributed by atoms with E-state index < -0.39 is 5.97 Å². The van der Waals surface area contributed by atoms with E-state index in [4.69, 9.17) is 24.2 Å². The number of carbonyl (C=O) groups is 1. The van der Waals surface area contributed by atoms with E-state index >= 15 is 0 Å².